The molecule has 0 aromatic heterocycles. The Bertz CT molecular complexity index is 651. The molecule has 2 rings (SSSR count). The van der Waals surface area contributed by atoms with Gasteiger partial charge in [-0.25, -0.2) is 0 Å². The van der Waals surface area contributed by atoms with E-state index in [0.29, 0.717) is 5.75 Å². The fourth-order valence-corrected chi connectivity index (χ4v) is 2.86. The molecule has 1 N–H and O–H groups in total. The highest BCUT2D eigenvalue weighted by molar-refractivity contribution is 7.57. The quantitative estimate of drug-likeness (QED) is 0.837. The van der Waals surface area contributed by atoms with Gasteiger partial charge in [-0.05, 0) is 35.4 Å². The van der Waals surface area contributed by atoms with E-state index in [-0.39, 0.29) is 11.2 Å². The third-order valence-electron chi connectivity index (χ3n) is 3.49. The van der Waals surface area contributed by atoms with Gasteiger partial charge in [-0.15, -0.1) is 0 Å². The molecule has 0 atom stereocenters. The molecule has 0 bridgehead atoms. The lowest BCUT2D eigenvalue weighted by Crippen LogP contribution is -2.18. The van der Waals surface area contributed by atoms with Crippen molar-refractivity contribution in [1.82, 2.24) is 0 Å². The zero-order chi connectivity index (χ0) is 15.7. The fraction of sp³-hybridized carbons (Fsp3) is 0.294. The molecule has 0 saturated carbocycles. The molecule has 0 amide bonds. The predicted octanol–water partition coefficient (Wildman–Crippen LogP) is 4.63. The summed E-state index contributed by atoms with van der Waals surface area (Å²) in [4.78, 5) is 0. The van der Waals surface area contributed by atoms with Crippen LogP contribution in [0.25, 0.3) is 0 Å². The first-order valence-corrected chi connectivity index (χ1v) is 9.35. The predicted molar refractivity (Wildman–Crippen MR) is 86.8 cm³/mol. The average Bonchev–Trinajstić information content (AvgIpc) is 2.38. The molecule has 0 aliphatic rings. The molecule has 2 aromatic carbocycles. The first-order valence-electron chi connectivity index (χ1n) is 6.83. The van der Waals surface area contributed by atoms with Gasteiger partial charge in [0.2, 0.25) is 7.37 Å². The molecule has 21 heavy (non-hydrogen) atoms. The van der Waals surface area contributed by atoms with Crippen molar-refractivity contribution in [1.29, 1.82) is 0 Å². The lowest BCUT2D eigenvalue weighted by Gasteiger charge is -2.26. The van der Waals surface area contributed by atoms with Gasteiger partial charge in [-0.1, -0.05) is 38.1 Å². The average molecular weight is 304 g/mol. The SMILES string of the molecule is CC(C)(c1ccc(O)cc1)c1ccc(OP(C)(C)=O)cc1. The van der Waals surface area contributed by atoms with Crippen molar-refractivity contribution in [2.45, 2.75) is 19.3 Å². The third kappa shape index (κ3) is 3.89. The number of phenolic OH excluding ortho intramolecular Hbond substituents is 1. The summed E-state index contributed by atoms with van der Waals surface area (Å²) in [5.74, 6) is 0.883. The van der Waals surface area contributed by atoms with Crippen molar-refractivity contribution in [3.8, 4) is 11.5 Å². The van der Waals surface area contributed by atoms with Crippen molar-refractivity contribution >= 4 is 7.37 Å². The second kappa shape index (κ2) is 5.57. The number of phenols is 1. The molecule has 0 heterocycles. The summed E-state index contributed by atoms with van der Waals surface area (Å²) in [6, 6.07) is 14.9. The molecule has 0 fully saturated rings. The van der Waals surface area contributed by atoms with Gasteiger partial charge < -0.3 is 9.63 Å². The van der Waals surface area contributed by atoms with Crippen LogP contribution in [0.15, 0.2) is 48.5 Å². The Morgan fingerprint density at radius 2 is 1.33 bits per heavy atom. The van der Waals surface area contributed by atoms with Gasteiger partial charge >= 0.3 is 0 Å². The number of hydrogen-bond donors (Lipinski definition) is 1. The molecule has 112 valence electrons. The summed E-state index contributed by atoms with van der Waals surface area (Å²) in [7, 11) is -2.53. The Labute approximate surface area is 126 Å². The van der Waals surface area contributed by atoms with E-state index in [0.717, 1.165) is 11.1 Å². The number of benzene rings is 2. The molecule has 0 aliphatic heterocycles. The van der Waals surface area contributed by atoms with E-state index in [1.165, 1.54) is 0 Å². The highest BCUT2D eigenvalue weighted by Gasteiger charge is 2.23. The maximum Gasteiger partial charge on any atom is 0.242 e. The Morgan fingerprint density at radius 1 is 0.905 bits per heavy atom. The Kier molecular flexibility index (Phi) is 4.15. The molecule has 0 saturated heterocycles. The molecule has 0 radical (unpaired) electrons. The molecular formula is C17H21O3P. The van der Waals surface area contributed by atoms with Crippen LogP contribution in [0.3, 0.4) is 0 Å². The second-order valence-electron chi connectivity index (χ2n) is 6.04. The monoisotopic (exact) mass is 304 g/mol. The zero-order valence-electron chi connectivity index (χ0n) is 12.8. The maximum atomic E-state index is 11.7. The minimum atomic E-state index is -2.53. The van der Waals surface area contributed by atoms with Crippen molar-refractivity contribution < 1.29 is 14.2 Å². The fourth-order valence-electron chi connectivity index (χ4n) is 2.23. The summed E-state index contributed by atoms with van der Waals surface area (Å²) in [5, 5.41) is 9.39. The molecular weight excluding hydrogens is 283 g/mol. The van der Waals surface area contributed by atoms with Crippen LogP contribution in [0.1, 0.15) is 25.0 Å². The van der Waals surface area contributed by atoms with Crippen LogP contribution >= 0.6 is 7.37 Å². The lowest BCUT2D eigenvalue weighted by atomic mass is 9.78. The van der Waals surface area contributed by atoms with Crippen molar-refractivity contribution in [2.24, 2.45) is 0 Å². The first-order chi connectivity index (χ1) is 9.68. The topological polar surface area (TPSA) is 46.5 Å². The van der Waals surface area contributed by atoms with Crippen LogP contribution in [0.4, 0.5) is 0 Å². The molecule has 0 aliphatic carbocycles. The smallest absolute Gasteiger partial charge is 0.242 e. The standard InChI is InChI=1S/C17H21O3P/c1-17(2,13-5-9-15(18)10-6-13)14-7-11-16(12-8-14)20-21(3,4)19/h5-12,18H,1-4H3. The van der Waals surface area contributed by atoms with Crippen LogP contribution in [-0.4, -0.2) is 18.4 Å². The van der Waals surface area contributed by atoms with Crippen molar-refractivity contribution in [3.05, 3.63) is 59.7 Å². The third-order valence-corrected chi connectivity index (χ3v) is 4.14. The molecule has 2 aromatic rings. The van der Waals surface area contributed by atoms with Gasteiger partial charge in [-0.3, -0.25) is 4.57 Å². The number of aromatic hydroxyl groups is 1. The summed E-state index contributed by atoms with van der Waals surface area (Å²) in [6.45, 7) is 7.45. The van der Waals surface area contributed by atoms with Gasteiger partial charge in [0, 0.05) is 18.7 Å². The highest BCUT2D eigenvalue weighted by atomic mass is 31.2. The Morgan fingerprint density at radius 3 is 1.76 bits per heavy atom. The normalized spacial score (nSPS) is 12.2. The van der Waals surface area contributed by atoms with Crippen LogP contribution in [-0.2, 0) is 9.98 Å². The summed E-state index contributed by atoms with van der Waals surface area (Å²) < 4.78 is 17.1. The van der Waals surface area contributed by atoms with Crippen molar-refractivity contribution in [2.75, 3.05) is 13.3 Å². The number of hydrogen-bond acceptors (Lipinski definition) is 3. The zero-order valence-corrected chi connectivity index (χ0v) is 13.7. The molecule has 4 heteroatoms. The van der Waals surface area contributed by atoms with Gasteiger partial charge in [0.1, 0.15) is 11.5 Å². The minimum Gasteiger partial charge on any atom is -0.508 e. The van der Waals surface area contributed by atoms with E-state index in [9.17, 15) is 9.67 Å². The van der Waals surface area contributed by atoms with E-state index in [1.807, 2.05) is 36.4 Å². The highest BCUT2D eigenvalue weighted by Crippen LogP contribution is 2.40. The van der Waals surface area contributed by atoms with E-state index in [2.05, 4.69) is 13.8 Å². The first kappa shape index (κ1) is 15.7. The second-order valence-corrected chi connectivity index (χ2v) is 8.73. The van der Waals surface area contributed by atoms with Crippen LogP contribution in [0.2, 0.25) is 0 Å². The van der Waals surface area contributed by atoms with E-state index in [1.54, 1.807) is 25.5 Å². The van der Waals surface area contributed by atoms with Crippen LogP contribution in [0.5, 0.6) is 11.5 Å². The maximum absolute atomic E-state index is 11.7. The Balaban J connectivity index is 2.28. The Hall–Kier alpha value is -1.73. The lowest BCUT2D eigenvalue weighted by molar-refractivity contribution is 0.474. The summed E-state index contributed by atoms with van der Waals surface area (Å²) in [5.41, 5.74) is 2.06. The van der Waals surface area contributed by atoms with Crippen LogP contribution < -0.4 is 4.52 Å². The van der Waals surface area contributed by atoms with Gasteiger partial charge in [-0.2, -0.15) is 0 Å². The van der Waals surface area contributed by atoms with Gasteiger partial charge in [0.25, 0.3) is 0 Å². The molecule has 0 spiro atoms. The number of rotatable bonds is 4. The minimum absolute atomic E-state index is 0.186. The van der Waals surface area contributed by atoms with E-state index >= 15 is 0 Å². The molecule has 0 unspecified atom stereocenters. The van der Waals surface area contributed by atoms with E-state index in [4.69, 9.17) is 4.52 Å². The van der Waals surface area contributed by atoms with Crippen LogP contribution in [0, 0.1) is 0 Å². The largest absolute Gasteiger partial charge is 0.508 e. The molecule has 3 nitrogen and oxygen atoms in total. The van der Waals surface area contributed by atoms with E-state index < -0.39 is 7.37 Å². The van der Waals surface area contributed by atoms with Gasteiger partial charge in [0.05, 0.1) is 0 Å². The van der Waals surface area contributed by atoms with Gasteiger partial charge in [0.15, 0.2) is 0 Å². The summed E-state index contributed by atoms with van der Waals surface area (Å²) >= 11 is 0. The van der Waals surface area contributed by atoms with Crippen molar-refractivity contribution in [3.63, 3.8) is 0 Å². The summed E-state index contributed by atoms with van der Waals surface area (Å²) in [6.07, 6.45) is 0.